The van der Waals surface area contributed by atoms with Crippen LogP contribution in [0.4, 0.5) is 0 Å². The highest BCUT2D eigenvalue weighted by atomic mass is 32.2. The molecular formula is C15H21NO4S2. The van der Waals surface area contributed by atoms with Crippen LogP contribution in [0.25, 0.3) is 0 Å². The van der Waals surface area contributed by atoms with E-state index < -0.39 is 15.1 Å². The second-order valence-electron chi connectivity index (χ2n) is 5.89. The minimum atomic E-state index is -3.19. The molecule has 1 fully saturated rings. The van der Waals surface area contributed by atoms with Crippen LogP contribution in [0.5, 0.6) is 0 Å². The van der Waals surface area contributed by atoms with Crippen LogP contribution in [0.15, 0.2) is 11.4 Å². The van der Waals surface area contributed by atoms with Crippen molar-refractivity contribution in [1.29, 1.82) is 0 Å². The number of sulfone groups is 1. The van der Waals surface area contributed by atoms with E-state index in [1.165, 1.54) is 24.5 Å². The smallest absolute Gasteiger partial charge is 0.263 e. The maximum Gasteiger partial charge on any atom is 0.263 e. The third-order valence-electron chi connectivity index (χ3n) is 4.25. The topological polar surface area (TPSA) is 71.5 Å². The number of carbonyl (C=O) groups is 2. The predicted molar refractivity (Wildman–Crippen MR) is 87.3 cm³/mol. The Kier molecular flexibility index (Phi) is 5.07. The number of carbonyl (C=O) groups excluding carboxylic acids is 2. The van der Waals surface area contributed by atoms with Gasteiger partial charge in [0.1, 0.15) is 0 Å². The van der Waals surface area contributed by atoms with E-state index in [1.54, 1.807) is 23.4 Å². The standard InChI is InChI=1S/C15H21NO4S2/c1-10(17)11-8-13(21-9-11)15(18)16(2)12-6-4-5-7-14(12)22(3,19)20/h8-9,12,14H,4-7H2,1-3H3. The summed E-state index contributed by atoms with van der Waals surface area (Å²) < 4.78 is 23.9. The third-order valence-corrected chi connectivity index (χ3v) is 6.82. The second kappa shape index (κ2) is 6.50. The maximum absolute atomic E-state index is 12.6. The Balaban J connectivity index is 2.22. The number of ketones is 1. The summed E-state index contributed by atoms with van der Waals surface area (Å²) >= 11 is 1.23. The number of Topliss-reactive ketones (excluding diaryl/α,β-unsaturated/α-hetero) is 1. The molecule has 1 aliphatic carbocycles. The van der Waals surface area contributed by atoms with Crippen LogP contribution in [-0.2, 0) is 9.84 Å². The zero-order chi connectivity index (χ0) is 16.5. The van der Waals surface area contributed by atoms with E-state index in [-0.39, 0.29) is 17.7 Å². The average molecular weight is 343 g/mol. The van der Waals surface area contributed by atoms with E-state index in [4.69, 9.17) is 0 Å². The Morgan fingerprint density at radius 3 is 2.45 bits per heavy atom. The molecule has 1 aromatic heterocycles. The van der Waals surface area contributed by atoms with Crippen molar-refractivity contribution in [3.8, 4) is 0 Å². The molecule has 1 amide bonds. The van der Waals surface area contributed by atoms with E-state index in [1.807, 2.05) is 0 Å². The van der Waals surface area contributed by atoms with Crippen molar-refractivity contribution >= 4 is 32.9 Å². The maximum atomic E-state index is 12.6. The monoisotopic (exact) mass is 343 g/mol. The Morgan fingerprint density at radius 1 is 1.27 bits per heavy atom. The predicted octanol–water partition coefficient (Wildman–Crippen LogP) is 2.38. The molecule has 0 saturated heterocycles. The lowest BCUT2D eigenvalue weighted by Gasteiger charge is -2.36. The molecule has 2 unspecified atom stereocenters. The normalized spacial score (nSPS) is 22.3. The van der Waals surface area contributed by atoms with Crippen molar-refractivity contribution in [2.24, 2.45) is 0 Å². The van der Waals surface area contributed by atoms with Gasteiger partial charge in [-0.1, -0.05) is 12.8 Å². The minimum Gasteiger partial charge on any atom is -0.337 e. The van der Waals surface area contributed by atoms with Gasteiger partial charge in [0, 0.05) is 30.3 Å². The highest BCUT2D eigenvalue weighted by molar-refractivity contribution is 7.91. The summed E-state index contributed by atoms with van der Waals surface area (Å²) in [5.41, 5.74) is 0.519. The lowest BCUT2D eigenvalue weighted by Crippen LogP contribution is -2.49. The summed E-state index contributed by atoms with van der Waals surface area (Å²) in [5.74, 6) is -0.289. The second-order valence-corrected chi connectivity index (χ2v) is 9.07. The van der Waals surface area contributed by atoms with E-state index in [0.717, 1.165) is 12.8 Å². The molecule has 1 aromatic rings. The van der Waals surface area contributed by atoms with Crippen molar-refractivity contribution in [2.45, 2.75) is 43.9 Å². The fourth-order valence-electron chi connectivity index (χ4n) is 2.98. The number of thiophene rings is 1. The van der Waals surface area contributed by atoms with Gasteiger partial charge in [0.05, 0.1) is 10.1 Å². The molecule has 7 heteroatoms. The fraction of sp³-hybridized carbons (Fsp3) is 0.600. The fourth-order valence-corrected chi connectivity index (χ4v) is 5.39. The van der Waals surface area contributed by atoms with Crippen molar-refractivity contribution in [3.05, 3.63) is 21.9 Å². The van der Waals surface area contributed by atoms with Crippen LogP contribution in [0.2, 0.25) is 0 Å². The van der Waals surface area contributed by atoms with Crippen molar-refractivity contribution < 1.29 is 18.0 Å². The summed E-state index contributed by atoms with van der Waals surface area (Å²) in [7, 11) is -1.53. The lowest BCUT2D eigenvalue weighted by atomic mass is 9.93. The van der Waals surface area contributed by atoms with Crippen LogP contribution in [0.3, 0.4) is 0 Å². The first-order valence-corrected chi connectivity index (χ1v) is 10.1. The van der Waals surface area contributed by atoms with Gasteiger partial charge in [-0.3, -0.25) is 9.59 Å². The summed E-state index contributed by atoms with van der Waals surface area (Å²) in [6, 6.07) is 1.29. The third kappa shape index (κ3) is 3.57. The van der Waals surface area contributed by atoms with Gasteiger partial charge in [0.15, 0.2) is 15.6 Å². The van der Waals surface area contributed by atoms with Gasteiger partial charge in [0.2, 0.25) is 0 Å². The quantitative estimate of drug-likeness (QED) is 0.787. The van der Waals surface area contributed by atoms with Gasteiger partial charge in [0.25, 0.3) is 5.91 Å². The molecule has 0 spiro atoms. The molecule has 22 heavy (non-hydrogen) atoms. The molecule has 5 nitrogen and oxygen atoms in total. The van der Waals surface area contributed by atoms with Gasteiger partial charge >= 0.3 is 0 Å². The Hall–Kier alpha value is -1.21. The molecule has 0 radical (unpaired) electrons. The zero-order valence-corrected chi connectivity index (χ0v) is 14.7. The molecule has 2 atom stereocenters. The average Bonchev–Trinajstić information content (AvgIpc) is 2.95. The van der Waals surface area contributed by atoms with Crippen LogP contribution >= 0.6 is 11.3 Å². The van der Waals surface area contributed by atoms with Gasteiger partial charge in [-0.05, 0) is 25.8 Å². The molecular weight excluding hydrogens is 322 g/mol. The molecule has 0 aromatic carbocycles. The largest absolute Gasteiger partial charge is 0.337 e. The van der Waals surface area contributed by atoms with Gasteiger partial charge in [-0.25, -0.2) is 8.42 Å². The van der Waals surface area contributed by atoms with Crippen LogP contribution in [0, 0.1) is 0 Å². The number of rotatable bonds is 4. The van der Waals surface area contributed by atoms with Crippen molar-refractivity contribution in [2.75, 3.05) is 13.3 Å². The SMILES string of the molecule is CC(=O)c1csc(C(=O)N(C)C2CCCCC2S(C)(=O)=O)c1. The molecule has 0 bridgehead atoms. The highest BCUT2D eigenvalue weighted by Crippen LogP contribution is 2.29. The summed E-state index contributed by atoms with van der Waals surface area (Å²) in [5, 5.41) is 1.17. The first kappa shape index (κ1) is 17.1. The zero-order valence-electron chi connectivity index (χ0n) is 13.0. The Bertz CT molecular complexity index is 677. The van der Waals surface area contributed by atoms with Crippen LogP contribution in [-0.4, -0.2) is 49.6 Å². The van der Waals surface area contributed by atoms with E-state index >= 15 is 0 Å². The molecule has 1 aliphatic rings. The summed E-state index contributed by atoms with van der Waals surface area (Å²) in [4.78, 5) is 25.9. The first-order chi connectivity index (χ1) is 10.2. The molecule has 2 rings (SSSR count). The number of amides is 1. The van der Waals surface area contributed by atoms with Gasteiger partial charge in [-0.2, -0.15) is 0 Å². The highest BCUT2D eigenvalue weighted by Gasteiger charge is 2.37. The van der Waals surface area contributed by atoms with Crippen molar-refractivity contribution in [1.82, 2.24) is 4.90 Å². The number of hydrogen-bond acceptors (Lipinski definition) is 5. The molecule has 1 saturated carbocycles. The molecule has 0 aliphatic heterocycles. The number of hydrogen-bond donors (Lipinski definition) is 0. The minimum absolute atomic E-state index is 0.0790. The molecule has 122 valence electrons. The number of nitrogens with zero attached hydrogens (tertiary/aromatic N) is 1. The van der Waals surface area contributed by atoms with Gasteiger partial charge in [-0.15, -0.1) is 11.3 Å². The molecule has 1 heterocycles. The van der Waals surface area contributed by atoms with E-state index in [9.17, 15) is 18.0 Å². The van der Waals surface area contributed by atoms with Crippen molar-refractivity contribution in [3.63, 3.8) is 0 Å². The van der Waals surface area contributed by atoms with Crippen LogP contribution in [0.1, 0.15) is 52.6 Å². The van der Waals surface area contributed by atoms with Gasteiger partial charge < -0.3 is 4.90 Å². The Morgan fingerprint density at radius 2 is 1.91 bits per heavy atom. The van der Waals surface area contributed by atoms with E-state index in [0.29, 0.717) is 23.3 Å². The van der Waals surface area contributed by atoms with E-state index in [2.05, 4.69) is 0 Å². The van der Waals surface area contributed by atoms with Crippen LogP contribution < -0.4 is 0 Å². The Labute approximate surface area is 135 Å². The first-order valence-electron chi connectivity index (χ1n) is 7.27. The summed E-state index contributed by atoms with van der Waals surface area (Å²) in [6.45, 7) is 1.46. The molecule has 0 N–H and O–H groups in total. The summed E-state index contributed by atoms with van der Waals surface area (Å²) in [6.07, 6.45) is 4.35. The lowest BCUT2D eigenvalue weighted by molar-refractivity contribution is 0.0705.